The van der Waals surface area contributed by atoms with Gasteiger partial charge in [0.15, 0.2) is 0 Å². The Morgan fingerprint density at radius 2 is 1.71 bits per heavy atom. The molecular formula is C13H27N. The van der Waals surface area contributed by atoms with Crippen molar-refractivity contribution < 1.29 is 0 Å². The second-order valence-electron chi connectivity index (χ2n) is 5.08. The lowest BCUT2D eigenvalue weighted by Crippen LogP contribution is -2.32. The molecule has 0 unspecified atom stereocenters. The summed E-state index contributed by atoms with van der Waals surface area (Å²) in [4.78, 5) is 0. The molecule has 0 atom stereocenters. The maximum Gasteiger partial charge on any atom is -0.00205 e. The van der Waals surface area contributed by atoms with Crippen LogP contribution in [-0.4, -0.2) is 6.54 Å². The minimum Gasteiger partial charge on any atom is -0.330 e. The lowest BCUT2D eigenvalue weighted by Gasteiger charge is -2.36. The smallest absolute Gasteiger partial charge is 0.00205 e. The van der Waals surface area contributed by atoms with Gasteiger partial charge in [-0.3, -0.25) is 0 Å². The van der Waals surface area contributed by atoms with Gasteiger partial charge in [0.25, 0.3) is 0 Å². The Labute approximate surface area is 89.5 Å². The van der Waals surface area contributed by atoms with E-state index in [2.05, 4.69) is 6.92 Å². The molecule has 0 radical (unpaired) electrons. The number of rotatable bonds is 6. The molecule has 0 aromatic heterocycles. The van der Waals surface area contributed by atoms with E-state index in [9.17, 15) is 0 Å². The van der Waals surface area contributed by atoms with Crippen LogP contribution in [0.1, 0.15) is 71.1 Å². The van der Waals surface area contributed by atoms with Gasteiger partial charge in [-0.05, 0) is 31.2 Å². The summed E-state index contributed by atoms with van der Waals surface area (Å²) in [5.41, 5.74) is 6.50. The predicted molar refractivity (Wildman–Crippen MR) is 63.3 cm³/mol. The highest BCUT2D eigenvalue weighted by Crippen LogP contribution is 2.39. The van der Waals surface area contributed by atoms with Crippen LogP contribution in [0.4, 0.5) is 0 Å². The Kier molecular flexibility index (Phi) is 5.54. The Balaban J connectivity index is 2.22. The molecule has 1 aliphatic rings. The molecule has 0 spiro atoms. The predicted octanol–water partition coefficient (Wildman–Crippen LogP) is 3.87. The van der Waals surface area contributed by atoms with E-state index < -0.39 is 0 Å². The molecule has 1 heteroatoms. The van der Waals surface area contributed by atoms with Crippen molar-refractivity contribution in [1.82, 2.24) is 0 Å². The molecule has 1 saturated carbocycles. The Morgan fingerprint density at radius 3 is 2.29 bits per heavy atom. The van der Waals surface area contributed by atoms with Crippen LogP contribution in [0.2, 0.25) is 0 Å². The first kappa shape index (κ1) is 12.0. The summed E-state index contributed by atoms with van der Waals surface area (Å²) < 4.78 is 0. The fourth-order valence-corrected chi connectivity index (χ4v) is 2.78. The number of hydrogen-bond donors (Lipinski definition) is 1. The van der Waals surface area contributed by atoms with Gasteiger partial charge in [0, 0.05) is 0 Å². The third-order valence-corrected chi connectivity index (χ3v) is 3.91. The third kappa shape index (κ3) is 3.61. The van der Waals surface area contributed by atoms with E-state index >= 15 is 0 Å². The van der Waals surface area contributed by atoms with E-state index in [4.69, 9.17) is 5.73 Å². The average Bonchev–Trinajstić information content (AvgIpc) is 2.26. The minimum atomic E-state index is 0.548. The molecule has 2 N–H and O–H groups in total. The van der Waals surface area contributed by atoms with Gasteiger partial charge < -0.3 is 5.73 Å². The summed E-state index contributed by atoms with van der Waals surface area (Å²) in [7, 11) is 0. The monoisotopic (exact) mass is 197 g/mol. The van der Waals surface area contributed by atoms with Gasteiger partial charge in [-0.1, -0.05) is 51.9 Å². The van der Waals surface area contributed by atoms with E-state index in [0.29, 0.717) is 5.41 Å². The van der Waals surface area contributed by atoms with E-state index in [-0.39, 0.29) is 0 Å². The SMILES string of the molecule is CCCCCCC1(CN)CCCCC1. The van der Waals surface area contributed by atoms with E-state index in [1.165, 1.54) is 64.2 Å². The summed E-state index contributed by atoms with van der Waals surface area (Å²) >= 11 is 0. The highest BCUT2D eigenvalue weighted by Gasteiger charge is 2.29. The van der Waals surface area contributed by atoms with Gasteiger partial charge in [-0.15, -0.1) is 0 Å². The van der Waals surface area contributed by atoms with Crippen LogP contribution in [-0.2, 0) is 0 Å². The minimum absolute atomic E-state index is 0.548. The normalized spacial score (nSPS) is 21.0. The average molecular weight is 197 g/mol. The fraction of sp³-hybridized carbons (Fsp3) is 1.00. The highest BCUT2D eigenvalue weighted by atomic mass is 14.6. The van der Waals surface area contributed by atoms with Gasteiger partial charge in [0.2, 0.25) is 0 Å². The van der Waals surface area contributed by atoms with Crippen LogP contribution >= 0.6 is 0 Å². The summed E-state index contributed by atoms with van der Waals surface area (Å²) in [6.45, 7) is 3.21. The fourth-order valence-electron chi connectivity index (χ4n) is 2.78. The van der Waals surface area contributed by atoms with Crippen molar-refractivity contribution in [2.24, 2.45) is 11.1 Å². The van der Waals surface area contributed by atoms with Crippen molar-refractivity contribution in [1.29, 1.82) is 0 Å². The van der Waals surface area contributed by atoms with Crippen molar-refractivity contribution >= 4 is 0 Å². The molecular weight excluding hydrogens is 170 g/mol. The van der Waals surface area contributed by atoms with E-state index in [1.54, 1.807) is 0 Å². The lowest BCUT2D eigenvalue weighted by atomic mass is 9.71. The Morgan fingerprint density at radius 1 is 1.00 bits per heavy atom. The lowest BCUT2D eigenvalue weighted by molar-refractivity contribution is 0.176. The van der Waals surface area contributed by atoms with Crippen LogP contribution in [0.3, 0.4) is 0 Å². The maximum absolute atomic E-state index is 5.95. The van der Waals surface area contributed by atoms with Gasteiger partial charge in [-0.25, -0.2) is 0 Å². The van der Waals surface area contributed by atoms with E-state index in [0.717, 1.165) is 6.54 Å². The second-order valence-corrected chi connectivity index (χ2v) is 5.08. The number of nitrogens with two attached hydrogens (primary N) is 1. The molecule has 0 aliphatic heterocycles. The van der Waals surface area contributed by atoms with Gasteiger partial charge in [0.1, 0.15) is 0 Å². The molecule has 0 aromatic carbocycles. The van der Waals surface area contributed by atoms with Crippen LogP contribution in [0, 0.1) is 5.41 Å². The molecule has 1 rings (SSSR count). The maximum atomic E-state index is 5.95. The first-order valence-corrected chi connectivity index (χ1v) is 6.53. The Hall–Kier alpha value is -0.0400. The Bertz CT molecular complexity index is 136. The number of hydrogen-bond acceptors (Lipinski definition) is 1. The highest BCUT2D eigenvalue weighted by molar-refractivity contribution is 4.83. The van der Waals surface area contributed by atoms with Crippen molar-refractivity contribution in [3.05, 3.63) is 0 Å². The topological polar surface area (TPSA) is 26.0 Å². The molecule has 1 nitrogen and oxygen atoms in total. The molecule has 1 aliphatic carbocycles. The molecule has 0 saturated heterocycles. The van der Waals surface area contributed by atoms with Crippen LogP contribution in [0.25, 0.3) is 0 Å². The van der Waals surface area contributed by atoms with Crippen molar-refractivity contribution in [3.63, 3.8) is 0 Å². The first-order valence-electron chi connectivity index (χ1n) is 6.53. The molecule has 14 heavy (non-hydrogen) atoms. The zero-order valence-corrected chi connectivity index (χ0v) is 9.86. The summed E-state index contributed by atoms with van der Waals surface area (Å²) in [6, 6.07) is 0. The third-order valence-electron chi connectivity index (χ3n) is 3.91. The van der Waals surface area contributed by atoms with Gasteiger partial charge >= 0.3 is 0 Å². The zero-order chi connectivity index (χ0) is 10.3. The van der Waals surface area contributed by atoms with E-state index in [1.807, 2.05) is 0 Å². The summed E-state index contributed by atoms with van der Waals surface area (Å²) in [5.74, 6) is 0. The zero-order valence-electron chi connectivity index (χ0n) is 9.86. The molecule has 0 aromatic rings. The molecule has 1 fully saturated rings. The summed E-state index contributed by atoms with van der Waals surface area (Å²) in [5, 5.41) is 0. The number of unbranched alkanes of at least 4 members (excludes halogenated alkanes) is 3. The van der Waals surface area contributed by atoms with Crippen molar-refractivity contribution in [3.8, 4) is 0 Å². The quantitative estimate of drug-likeness (QED) is 0.643. The van der Waals surface area contributed by atoms with Gasteiger partial charge in [0.05, 0.1) is 0 Å². The first-order chi connectivity index (χ1) is 6.83. The standard InChI is InChI=1S/C13H27N/c1-2-3-4-6-9-13(12-14)10-7-5-8-11-13/h2-12,14H2,1H3. The summed E-state index contributed by atoms with van der Waals surface area (Å²) in [6.07, 6.45) is 14.0. The molecule has 0 amide bonds. The molecule has 0 bridgehead atoms. The van der Waals surface area contributed by atoms with Crippen LogP contribution in [0.15, 0.2) is 0 Å². The van der Waals surface area contributed by atoms with Crippen LogP contribution < -0.4 is 5.73 Å². The van der Waals surface area contributed by atoms with Crippen LogP contribution in [0.5, 0.6) is 0 Å². The second kappa shape index (κ2) is 6.44. The largest absolute Gasteiger partial charge is 0.330 e. The van der Waals surface area contributed by atoms with Gasteiger partial charge in [-0.2, -0.15) is 0 Å². The van der Waals surface area contributed by atoms with Crippen molar-refractivity contribution in [2.45, 2.75) is 71.1 Å². The van der Waals surface area contributed by atoms with Crippen molar-refractivity contribution in [2.75, 3.05) is 6.54 Å². The molecule has 0 heterocycles. The molecule has 84 valence electrons.